The molecule has 0 aliphatic heterocycles. The zero-order valence-electron chi connectivity index (χ0n) is 14.0. The van der Waals surface area contributed by atoms with Crippen LogP contribution >= 0.6 is 0 Å². The lowest BCUT2D eigenvalue weighted by molar-refractivity contribution is -0.117. The summed E-state index contributed by atoms with van der Waals surface area (Å²) in [4.78, 5) is 10.8. The van der Waals surface area contributed by atoms with E-state index in [1.54, 1.807) is 0 Å². The molecule has 1 aromatic carbocycles. The van der Waals surface area contributed by atoms with Gasteiger partial charge in [-0.2, -0.15) is 16.8 Å². The number of rotatable bonds is 3. The molecule has 1 amide bonds. The van der Waals surface area contributed by atoms with Crippen molar-refractivity contribution in [2.75, 3.05) is 0 Å². The van der Waals surface area contributed by atoms with Crippen LogP contribution in [0.3, 0.4) is 0 Å². The second-order valence-electron chi connectivity index (χ2n) is 6.02. The second kappa shape index (κ2) is 6.20. The van der Waals surface area contributed by atoms with Gasteiger partial charge in [-0.25, -0.2) is 0 Å². The van der Waals surface area contributed by atoms with Gasteiger partial charge in [0.15, 0.2) is 0 Å². The number of carbonyl (C=O) groups excluding carboxylic acids is 1. The van der Waals surface area contributed by atoms with Crippen LogP contribution in [-0.4, -0.2) is 41.7 Å². The minimum absolute atomic E-state index is 0.00128. The average Bonchev–Trinajstić information content (AvgIpc) is 2.58. The number of fused-ring (bicyclic) bond motifs is 1. The molecule has 1 atom stereocenters. The number of hydrogen-bond acceptors (Lipinski definition) is 6. The minimum Gasteiger partial charge on any atom is -0.507 e. The summed E-state index contributed by atoms with van der Waals surface area (Å²) in [7, 11) is -9.40. The van der Waals surface area contributed by atoms with E-state index in [4.69, 9.17) is 0 Å². The smallest absolute Gasteiger partial charge is 0.294 e. The van der Waals surface area contributed by atoms with Crippen molar-refractivity contribution in [3.05, 3.63) is 34.2 Å². The van der Waals surface area contributed by atoms with Crippen LogP contribution in [0, 0.1) is 6.92 Å². The quantitative estimate of drug-likeness (QED) is 0.477. The average molecular weight is 403 g/mol. The molecule has 0 fully saturated rings. The highest BCUT2D eigenvalue weighted by Gasteiger charge is 2.34. The van der Waals surface area contributed by atoms with Crippen LogP contribution in [-0.2, 0) is 25.0 Å². The third-order valence-corrected chi connectivity index (χ3v) is 6.32. The molecular weight excluding hydrogens is 386 g/mol. The highest BCUT2D eigenvalue weighted by Crippen LogP contribution is 2.24. The van der Waals surface area contributed by atoms with Gasteiger partial charge in [0, 0.05) is 17.7 Å². The first-order chi connectivity index (χ1) is 11.7. The summed E-state index contributed by atoms with van der Waals surface area (Å²) in [5, 5.41) is 12.7. The first kappa shape index (κ1) is 20.1. The van der Waals surface area contributed by atoms with Gasteiger partial charge in [0.05, 0.1) is 5.70 Å². The summed E-state index contributed by atoms with van der Waals surface area (Å²) < 4.78 is 63.6. The zero-order chi connectivity index (χ0) is 20.1. The summed E-state index contributed by atoms with van der Waals surface area (Å²) in [6.45, 7) is 3.57. The summed E-state index contributed by atoms with van der Waals surface area (Å²) in [5.74, 6) is -1.10. The van der Waals surface area contributed by atoms with Gasteiger partial charge in [-0.05, 0) is 37.3 Å². The van der Waals surface area contributed by atoms with E-state index in [0.717, 1.165) is 25.1 Å². The van der Waals surface area contributed by atoms with Crippen molar-refractivity contribution in [3.8, 4) is 5.75 Å². The van der Waals surface area contributed by atoms with E-state index in [0.29, 0.717) is 0 Å². The van der Waals surface area contributed by atoms with E-state index in [1.165, 1.54) is 19.9 Å². The minimum atomic E-state index is -4.72. The fourth-order valence-electron chi connectivity index (χ4n) is 2.57. The van der Waals surface area contributed by atoms with Crippen molar-refractivity contribution < 1.29 is 35.8 Å². The summed E-state index contributed by atoms with van der Waals surface area (Å²) >= 11 is 0. The van der Waals surface area contributed by atoms with Crippen molar-refractivity contribution in [1.82, 2.24) is 5.32 Å². The highest BCUT2D eigenvalue weighted by atomic mass is 32.2. The molecule has 11 heteroatoms. The van der Waals surface area contributed by atoms with Crippen LogP contribution < -0.4 is 15.8 Å². The van der Waals surface area contributed by atoms with E-state index in [9.17, 15) is 35.8 Å². The van der Waals surface area contributed by atoms with E-state index in [1.807, 2.05) is 0 Å². The summed E-state index contributed by atoms with van der Waals surface area (Å²) in [6.07, 6.45) is 3.27. The lowest BCUT2D eigenvalue weighted by Gasteiger charge is -2.17. The van der Waals surface area contributed by atoms with Gasteiger partial charge >= 0.3 is 0 Å². The number of phenolic OH excluding ortho intramolecular Hbond substituents is 1. The third kappa shape index (κ3) is 3.51. The van der Waals surface area contributed by atoms with Gasteiger partial charge in [0.1, 0.15) is 15.4 Å². The first-order valence-corrected chi connectivity index (χ1v) is 10.1. The zero-order valence-corrected chi connectivity index (χ0v) is 15.6. The molecule has 0 saturated carbocycles. The SMILES string of the molecule is CC(=O)NC1=c2c(O)c(C)c(S(=O)(=O)O)cc2=CC(C)(S(=O)(=O)O)C=C1. The molecule has 1 aliphatic carbocycles. The van der Waals surface area contributed by atoms with Crippen LogP contribution in [0.2, 0.25) is 0 Å². The van der Waals surface area contributed by atoms with Crippen LogP contribution in [0.5, 0.6) is 5.75 Å². The van der Waals surface area contributed by atoms with Crippen LogP contribution in [0.4, 0.5) is 0 Å². The molecule has 1 aromatic rings. The van der Waals surface area contributed by atoms with Gasteiger partial charge in [0.25, 0.3) is 20.2 Å². The van der Waals surface area contributed by atoms with Gasteiger partial charge in [-0.15, -0.1) is 0 Å². The molecule has 142 valence electrons. The molecular formula is C15H17NO8S2. The Balaban J connectivity index is 3.13. The van der Waals surface area contributed by atoms with Crippen molar-refractivity contribution in [2.24, 2.45) is 0 Å². The van der Waals surface area contributed by atoms with Crippen LogP contribution in [0.25, 0.3) is 11.8 Å². The van der Waals surface area contributed by atoms with E-state index in [2.05, 4.69) is 5.32 Å². The normalized spacial score (nSPS) is 20.1. The number of phenols is 1. The number of hydrogen-bond donors (Lipinski definition) is 4. The molecule has 0 saturated heterocycles. The number of benzene rings is 1. The Morgan fingerprint density at radius 2 is 1.77 bits per heavy atom. The van der Waals surface area contributed by atoms with Crippen molar-refractivity contribution >= 4 is 37.9 Å². The Hall–Kier alpha value is -2.21. The highest BCUT2D eigenvalue weighted by molar-refractivity contribution is 7.87. The Bertz CT molecular complexity index is 1160. The fraction of sp³-hybridized carbons (Fsp3) is 0.267. The number of carbonyl (C=O) groups is 1. The lowest BCUT2D eigenvalue weighted by Crippen LogP contribution is -2.37. The Labute approximate surface area is 149 Å². The molecule has 9 nitrogen and oxygen atoms in total. The maximum atomic E-state index is 11.8. The predicted octanol–water partition coefficient (Wildman–Crippen LogP) is -0.812. The summed E-state index contributed by atoms with van der Waals surface area (Å²) in [6, 6.07) is 0.956. The third-order valence-electron chi connectivity index (χ3n) is 3.97. The molecule has 0 heterocycles. The second-order valence-corrected chi connectivity index (χ2v) is 9.24. The molecule has 0 spiro atoms. The Morgan fingerprint density at radius 1 is 1.19 bits per heavy atom. The molecule has 1 aliphatic rings. The molecule has 0 radical (unpaired) electrons. The van der Waals surface area contributed by atoms with E-state index < -0.39 is 41.5 Å². The van der Waals surface area contributed by atoms with Crippen molar-refractivity contribution in [1.29, 1.82) is 0 Å². The summed E-state index contributed by atoms with van der Waals surface area (Å²) in [5.41, 5.74) is -0.190. The monoisotopic (exact) mass is 403 g/mol. The molecule has 0 aromatic heterocycles. The van der Waals surface area contributed by atoms with Crippen molar-refractivity contribution in [2.45, 2.75) is 30.4 Å². The molecule has 1 unspecified atom stereocenters. The van der Waals surface area contributed by atoms with Gasteiger partial charge < -0.3 is 10.4 Å². The largest absolute Gasteiger partial charge is 0.507 e. The van der Waals surface area contributed by atoms with Gasteiger partial charge in [0.2, 0.25) is 5.91 Å². The topological polar surface area (TPSA) is 158 Å². The number of aromatic hydroxyl groups is 1. The van der Waals surface area contributed by atoms with E-state index >= 15 is 0 Å². The molecule has 26 heavy (non-hydrogen) atoms. The predicted molar refractivity (Wildman–Crippen MR) is 92.7 cm³/mol. The Kier molecular flexibility index (Phi) is 4.79. The van der Waals surface area contributed by atoms with Crippen LogP contribution in [0.15, 0.2) is 23.1 Å². The first-order valence-electron chi connectivity index (χ1n) is 7.18. The maximum absolute atomic E-state index is 11.8. The van der Waals surface area contributed by atoms with Gasteiger partial charge in [-0.3, -0.25) is 13.9 Å². The standard InChI is InChI=1S/C15H17NO8S2/c1-8-12(25(19,20)21)6-10-7-15(3,26(22,23)24)5-4-11(16-9(2)17)13(10)14(8)18/h4-7,18H,1-3H3,(H,16,17)(H,19,20,21)(H,22,23,24). The number of nitrogens with one attached hydrogen (secondary N) is 1. The molecule has 0 bridgehead atoms. The molecule has 2 rings (SSSR count). The number of amides is 1. The van der Waals surface area contributed by atoms with Crippen molar-refractivity contribution in [3.63, 3.8) is 0 Å². The fourth-order valence-corrected chi connectivity index (χ4v) is 3.85. The maximum Gasteiger partial charge on any atom is 0.294 e. The Morgan fingerprint density at radius 3 is 2.23 bits per heavy atom. The lowest BCUT2D eigenvalue weighted by atomic mass is 10.1. The molecule has 4 N–H and O–H groups in total. The van der Waals surface area contributed by atoms with Crippen LogP contribution in [0.1, 0.15) is 19.4 Å². The van der Waals surface area contributed by atoms with E-state index in [-0.39, 0.29) is 21.7 Å². The van der Waals surface area contributed by atoms with Gasteiger partial charge in [-0.1, -0.05) is 6.08 Å².